The molecule has 0 unspecified atom stereocenters. The summed E-state index contributed by atoms with van der Waals surface area (Å²) in [5, 5.41) is 14.9. The quantitative estimate of drug-likeness (QED) is 0.364. The van der Waals surface area contributed by atoms with Crippen molar-refractivity contribution < 1.29 is 18.5 Å². The standard InChI is InChI=1S/C18H11BrFN3O4/c19-12-3-1-11(2-4-12)18(24)22-21-10-14-6-8-17(27-14)15-7-5-13(20)9-16(15)23(25)26/h1-10H,(H,22,24)/b21-10-. The number of hydrogen-bond acceptors (Lipinski definition) is 5. The highest BCUT2D eigenvalue weighted by molar-refractivity contribution is 9.10. The molecule has 3 rings (SSSR count). The maximum atomic E-state index is 13.2. The van der Waals surface area contributed by atoms with Crippen molar-refractivity contribution in [2.45, 2.75) is 0 Å². The Hall–Kier alpha value is -3.33. The highest BCUT2D eigenvalue weighted by atomic mass is 79.9. The second-order valence-corrected chi connectivity index (χ2v) is 6.24. The van der Waals surface area contributed by atoms with Gasteiger partial charge in [0.15, 0.2) is 0 Å². The van der Waals surface area contributed by atoms with E-state index in [1.54, 1.807) is 24.3 Å². The lowest BCUT2D eigenvalue weighted by Crippen LogP contribution is -2.17. The molecule has 0 bridgehead atoms. The van der Waals surface area contributed by atoms with Gasteiger partial charge in [0, 0.05) is 10.0 Å². The Morgan fingerprint density at radius 3 is 2.63 bits per heavy atom. The minimum absolute atomic E-state index is 0.139. The number of hydrazone groups is 1. The molecule has 0 aliphatic rings. The number of amides is 1. The van der Waals surface area contributed by atoms with E-state index in [1.165, 1.54) is 24.4 Å². The third kappa shape index (κ3) is 4.45. The van der Waals surface area contributed by atoms with Crippen LogP contribution in [0, 0.1) is 15.9 Å². The molecular formula is C18H11BrFN3O4. The number of nitro benzene ring substituents is 1. The van der Waals surface area contributed by atoms with E-state index in [0.29, 0.717) is 5.56 Å². The van der Waals surface area contributed by atoms with E-state index < -0.39 is 22.3 Å². The van der Waals surface area contributed by atoms with Gasteiger partial charge in [0.1, 0.15) is 17.3 Å². The molecule has 0 saturated heterocycles. The minimum Gasteiger partial charge on any atom is -0.455 e. The van der Waals surface area contributed by atoms with Gasteiger partial charge in [-0.25, -0.2) is 9.82 Å². The average molecular weight is 432 g/mol. The molecule has 0 atom stereocenters. The van der Waals surface area contributed by atoms with E-state index in [2.05, 4.69) is 26.5 Å². The van der Waals surface area contributed by atoms with Crippen molar-refractivity contribution in [3.05, 3.63) is 86.3 Å². The lowest BCUT2D eigenvalue weighted by atomic mass is 10.1. The second kappa shape index (κ2) is 7.92. The minimum atomic E-state index is -0.713. The predicted octanol–water partition coefficient (Wildman–Crippen LogP) is 4.52. The van der Waals surface area contributed by atoms with E-state index >= 15 is 0 Å². The topological polar surface area (TPSA) is 97.7 Å². The SMILES string of the molecule is O=C(N/N=C\c1ccc(-c2ccc(F)cc2[N+](=O)[O-])o1)c1ccc(Br)cc1. The number of rotatable bonds is 5. The van der Waals surface area contributed by atoms with E-state index in [9.17, 15) is 19.3 Å². The van der Waals surface area contributed by atoms with Gasteiger partial charge in [-0.05, 0) is 48.5 Å². The summed E-state index contributed by atoms with van der Waals surface area (Å²) in [5.74, 6) is -0.670. The van der Waals surface area contributed by atoms with Crippen LogP contribution in [0.3, 0.4) is 0 Å². The molecule has 136 valence electrons. The highest BCUT2D eigenvalue weighted by Crippen LogP contribution is 2.31. The summed E-state index contributed by atoms with van der Waals surface area (Å²) in [6, 6.07) is 12.9. The molecular weight excluding hydrogens is 421 g/mol. The molecule has 7 nitrogen and oxygen atoms in total. The highest BCUT2D eigenvalue weighted by Gasteiger charge is 2.19. The first-order chi connectivity index (χ1) is 12.9. The van der Waals surface area contributed by atoms with Gasteiger partial charge < -0.3 is 4.42 Å². The molecule has 0 spiro atoms. The number of halogens is 2. The summed E-state index contributed by atoms with van der Waals surface area (Å²) in [4.78, 5) is 22.3. The zero-order valence-corrected chi connectivity index (χ0v) is 15.1. The van der Waals surface area contributed by atoms with Crippen LogP contribution in [0.1, 0.15) is 16.1 Å². The smallest absolute Gasteiger partial charge is 0.283 e. The van der Waals surface area contributed by atoms with Gasteiger partial charge in [-0.3, -0.25) is 14.9 Å². The summed E-state index contributed by atoms with van der Waals surface area (Å²) in [5.41, 5.74) is 2.51. The van der Waals surface area contributed by atoms with Crippen LogP contribution < -0.4 is 5.43 Å². The maximum absolute atomic E-state index is 13.2. The van der Waals surface area contributed by atoms with Crippen molar-refractivity contribution in [1.29, 1.82) is 0 Å². The van der Waals surface area contributed by atoms with Gasteiger partial charge in [-0.2, -0.15) is 5.10 Å². The third-order valence-corrected chi connectivity index (χ3v) is 4.04. The molecule has 0 radical (unpaired) electrons. The third-order valence-electron chi connectivity index (χ3n) is 3.51. The van der Waals surface area contributed by atoms with Crippen LogP contribution in [0.2, 0.25) is 0 Å². The molecule has 27 heavy (non-hydrogen) atoms. The van der Waals surface area contributed by atoms with Gasteiger partial charge in [-0.1, -0.05) is 15.9 Å². The van der Waals surface area contributed by atoms with E-state index in [4.69, 9.17) is 4.42 Å². The Morgan fingerprint density at radius 1 is 1.19 bits per heavy atom. The van der Waals surface area contributed by atoms with Crippen molar-refractivity contribution in [3.8, 4) is 11.3 Å². The molecule has 1 aromatic heterocycles. The molecule has 0 fully saturated rings. The summed E-state index contributed by atoms with van der Waals surface area (Å²) < 4.78 is 19.6. The predicted molar refractivity (Wildman–Crippen MR) is 100.0 cm³/mol. The molecule has 1 heterocycles. The molecule has 2 aromatic carbocycles. The van der Waals surface area contributed by atoms with Gasteiger partial charge in [0.2, 0.25) is 0 Å². The fourth-order valence-electron chi connectivity index (χ4n) is 2.25. The summed E-state index contributed by atoms with van der Waals surface area (Å²) >= 11 is 3.28. The Balaban J connectivity index is 1.73. The van der Waals surface area contributed by atoms with Crippen LogP contribution in [-0.4, -0.2) is 17.0 Å². The Labute approximate surface area is 160 Å². The Bertz CT molecular complexity index is 1030. The Kier molecular flexibility index (Phi) is 5.41. The molecule has 0 aliphatic heterocycles. The van der Waals surface area contributed by atoms with Gasteiger partial charge in [0.25, 0.3) is 11.6 Å². The summed E-state index contributed by atoms with van der Waals surface area (Å²) in [7, 11) is 0. The first-order valence-electron chi connectivity index (χ1n) is 7.57. The molecule has 0 saturated carbocycles. The second-order valence-electron chi connectivity index (χ2n) is 5.33. The van der Waals surface area contributed by atoms with Crippen molar-refractivity contribution in [2.24, 2.45) is 5.10 Å². The fraction of sp³-hybridized carbons (Fsp3) is 0. The largest absolute Gasteiger partial charge is 0.455 e. The lowest BCUT2D eigenvalue weighted by Gasteiger charge is -2.00. The van der Waals surface area contributed by atoms with Crippen molar-refractivity contribution >= 4 is 33.7 Å². The number of benzene rings is 2. The van der Waals surface area contributed by atoms with Crippen LogP contribution in [0.25, 0.3) is 11.3 Å². The first kappa shape index (κ1) is 18.5. The Morgan fingerprint density at radius 2 is 1.93 bits per heavy atom. The number of nitrogens with zero attached hydrogens (tertiary/aromatic N) is 2. The zero-order valence-electron chi connectivity index (χ0n) is 13.6. The number of carbonyl (C=O) groups excluding carboxylic acids is 1. The number of carbonyl (C=O) groups is 1. The van der Waals surface area contributed by atoms with Crippen LogP contribution in [0.5, 0.6) is 0 Å². The van der Waals surface area contributed by atoms with Crippen LogP contribution >= 0.6 is 15.9 Å². The van der Waals surface area contributed by atoms with Gasteiger partial charge in [-0.15, -0.1) is 0 Å². The number of nitrogens with one attached hydrogen (secondary N) is 1. The molecule has 1 N–H and O–H groups in total. The average Bonchev–Trinajstić information content (AvgIpc) is 3.10. The van der Waals surface area contributed by atoms with Crippen molar-refractivity contribution in [1.82, 2.24) is 5.43 Å². The van der Waals surface area contributed by atoms with Gasteiger partial charge >= 0.3 is 0 Å². The molecule has 1 amide bonds. The maximum Gasteiger partial charge on any atom is 0.283 e. The van der Waals surface area contributed by atoms with Crippen LogP contribution in [0.15, 0.2) is 68.6 Å². The number of furan rings is 1. The first-order valence-corrected chi connectivity index (χ1v) is 8.36. The number of nitro groups is 1. The molecule has 0 aliphatic carbocycles. The lowest BCUT2D eigenvalue weighted by molar-refractivity contribution is -0.384. The van der Waals surface area contributed by atoms with E-state index in [-0.39, 0.29) is 17.1 Å². The monoisotopic (exact) mass is 431 g/mol. The van der Waals surface area contributed by atoms with E-state index in [0.717, 1.165) is 16.6 Å². The van der Waals surface area contributed by atoms with E-state index in [1.807, 2.05) is 0 Å². The summed E-state index contributed by atoms with van der Waals surface area (Å²) in [6.45, 7) is 0. The molecule has 9 heteroatoms. The fourth-order valence-corrected chi connectivity index (χ4v) is 2.52. The van der Waals surface area contributed by atoms with Crippen LogP contribution in [0.4, 0.5) is 10.1 Å². The molecule has 3 aromatic rings. The number of hydrogen-bond donors (Lipinski definition) is 1. The van der Waals surface area contributed by atoms with Crippen LogP contribution in [-0.2, 0) is 0 Å². The normalized spacial score (nSPS) is 10.9. The zero-order chi connectivity index (χ0) is 19.4. The van der Waals surface area contributed by atoms with Crippen molar-refractivity contribution in [3.63, 3.8) is 0 Å². The van der Waals surface area contributed by atoms with Gasteiger partial charge in [0.05, 0.1) is 22.8 Å². The summed E-state index contributed by atoms with van der Waals surface area (Å²) in [6.07, 6.45) is 1.26. The van der Waals surface area contributed by atoms with Crippen molar-refractivity contribution in [2.75, 3.05) is 0 Å².